The summed E-state index contributed by atoms with van der Waals surface area (Å²) in [6, 6.07) is -0.748. The van der Waals surface area contributed by atoms with E-state index < -0.39 is 23.5 Å². The SMILES string of the molecule is C[C@@H](NC(=O)C(F)(F)F)C(C)(C)CO. The van der Waals surface area contributed by atoms with Crippen molar-refractivity contribution in [2.24, 2.45) is 5.41 Å². The maximum Gasteiger partial charge on any atom is 0.471 e. The molecular formula is C8H14F3NO2. The molecular weight excluding hydrogens is 199 g/mol. The van der Waals surface area contributed by atoms with E-state index in [4.69, 9.17) is 5.11 Å². The molecule has 0 fully saturated rings. The first kappa shape index (κ1) is 13.2. The van der Waals surface area contributed by atoms with Gasteiger partial charge in [-0.1, -0.05) is 13.8 Å². The number of rotatable bonds is 3. The minimum atomic E-state index is -4.88. The number of carbonyl (C=O) groups excluding carboxylic acids is 1. The number of nitrogens with one attached hydrogen (secondary N) is 1. The number of hydrogen-bond donors (Lipinski definition) is 2. The Kier molecular flexibility index (Phi) is 3.93. The van der Waals surface area contributed by atoms with Crippen LogP contribution < -0.4 is 5.32 Å². The molecule has 0 aromatic carbocycles. The van der Waals surface area contributed by atoms with E-state index in [1.54, 1.807) is 19.2 Å². The van der Waals surface area contributed by atoms with E-state index in [0.29, 0.717) is 0 Å². The highest BCUT2D eigenvalue weighted by Gasteiger charge is 2.41. The number of halogens is 3. The van der Waals surface area contributed by atoms with Gasteiger partial charge in [0, 0.05) is 11.5 Å². The zero-order valence-electron chi connectivity index (χ0n) is 8.27. The third-order valence-electron chi connectivity index (χ3n) is 2.18. The van der Waals surface area contributed by atoms with Gasteiger partial charge in [0.05, 0.1) is 6.61 Å². The summed E-state index contributed by atoms with van der Waals surface area (Å²) in [6.07, 6.45) is -4.88. The van der Waals surface area contributed by atoms with Crippen LogP contribution in [0, 0.1) is 5.41 Å². The van der Waals surface area contributed by atoms with E-state index in [1.807, 2.05) is 0 Å². The average Bonchev–Trinajstić information content (AvgIpc) is 2.02. The normalized spacial score (nSPS) is 15.1. The molecule has 0 rings (SSSR count). The summed E-state index contributed by atoms with van der Waals surface area (Å²) in [5.74, 6) is -1.98. The molecule has 0 radical (unpaired) electrons. The molecule has 2 N–H and O–H groups in total. The molecule has 0 saturated carbocycles. The molecule has 0 heterocycles. The predicted octanol–water partition coefficient (Wildman–Crippen LogP) is 1.07. The topological polar surface area (TPSA) is 49.3 Å². The highest BCUT2D eigenvalue weighted by atomic mass is 19.4. The van der Waals surface area contributed by atoms with Crippen LogP contribution in [0.3, 0.4) is 0 Å². The van der Waals surface area contributed by atoms with Gasteiger partial charge in [-0.15, -0.1) is 0 Å². The van der Waals surface area contributed by atoms with Crippen molar-refractivity contribution in [3.8, 4) is 0 Å². The molecule has 0 saturated heterocycles. The van der Waals surface area contributed by atoms with Crippen molar-refractivity contribution in [2.45, 2.75) is 33.0 Å². The number of hydrogen-bond acceptors (Lipinski definition) is 2. The van der Waals surface area contributed by atoms with Crippen LogP contribution >= 0.6 is 0 Å². The van der Waals surface area contributed by atoms with E-state index >= 15 is 0 Å². The van der Waals surface area contributed by atoms with Crippen molar-refractivity contribution in [3.63, 3.8) is 0 Å². The van der Waals surface area contributed by atoms with E-state index in [-0.39, 0.29) is 6.61 Å². The Labute approximate surface area is 80.3 Å². The van der Waals surface area contributed by atoms with E-state index in [0.717, 1.165) is 0 Å². The van der Waals surface area contributed by atoms with Gasteiger partial charge in [0.15, 0.2) is 0 Å². The third kappa shape index (κ3) is 3.53. The summed E-state index contributed by atoms with van der Waals surface area (Å²) < 4.78 is 35.5. The number of aliphatic hydroxyl groups is 1. The zero-order chi connectivity index (χ0) is 11.6. The molecule has 0 aliphatic rings. The van der Waals surface area contributed by atoms with Crippen LogP contribution in [0.4, 0.5) is 13.2 Å². The van der Waals surface area contributed by atoms with Gasteiger partial charge >= 0.3 is 12.1 Å². The molecule has 14 heavy (non-hydrogen) atoms. The van der Waals surface area contributed by atoms with Gasteiger partial charge in [-0.25, -0.2) is 0 Å². The lowest BCUT2D eigenvalue weighted by Gasteiger charge is -2.30. The molecule has 6 heteroatoms. The largest absolute Gasteiger partial charge is 0.471 e. The molecule has 84 valence electrons. The second-order valence-electron chi connectivity index (χ2n) is 3.84. The first-order valence-electron chi connectivity index (χ1n) is 4.10. The fourth-order valence-electron chi connectivity index (χ4n) is 0.611. The minimum Gasteiger partial charge on any atom is -0.396 e. The van der Waals surface area contributed by atoms with Crippen LogP contribution in [0.15, 0.2) is 0 Å². The first-order chi connectivity index (χ1) is 6.11. The standard InChI is InChI=1S/C8H14F3NO2/c1-5(7(2,3)4-13)12-6(14)8(9,10)11/h5,13H,4H2,1-3H3,(H,12,14)/t5-/m1/s1. The Hall–Kier alpha value is -0.780. The molecule has 0 bridgehead atoms. The zero-order valence-corrected chi connectivity index (χ0v) is 8.27. The van der Waals surface area contributed by atoms with Gasteiger partial charge < -0.3 is 10.4 Å². The summed E-state index contributed by atoms with van der Waals surface area (Å²) in [5.41, 5.74) is -0.777. The van der Waals surface area contributed by atoms with Crippen LogP contribution in [0.25, 0.3) is 0 Å². The maximum absolute atomic E-state index is 11.8. The molecule has 0 aromatic rings. The molecule has 1 atom stereocenters. The molecule has 1 amide bonds. The Morgan fingerprint density at radius 2 is 1.86 bits per heavy atom. The maximum atomic E-state index is 11.8. The Morgan fingerprint density at radius 3 is 2.14 bits per heavy atom. The number of alkyl halides is 3. The summed E-state index contributed by atoms with van der Waals surface area (Å²) in [7, 11) is 0. The molecule has 3 nitrogen and oxygen atoms in total. The smallest absolute Gasteiger partial charge is 0.396 e. The molecule has 0 aromatic heterocycles. The molecule has 0 aliphatic heterocycles. The highest BCUT2D eigenvalue weighted by molar-refractivity contribution is 5.81. The van der Waals surface area contributed by atoms with Gasteiger partial charge in [-0.2, -0.15) is 13.2 Å². The fraction of sp³-hybridized carbons (Fsp3) is 0.875. The van der Waals surface area contributed by atoms with Crippen molar-refractivity contribution >= 4 is 5.91 Å². The quantitative estimate of drug-likeness (QED) is 0.736. The van der Waals surface area contributed by atoms with Crippen LogP contribution in [-0.4, -0.2) is 29.8 Å². The lowest BCUT2D eigenvalue weighted by Crippen LogP contribution is -2.49. The fourth-order valence-corrected chi connectivity index (χ4v) is 0.611. The molecule has 0 unspecified atom stereocenters. The van der Waals surface area contributed by atoms with Gasteiger partial charge in [-0.05, 0) is 6.92 Å². The van der Waals surface area contributed by atoms with Crippen LogP contribution in [0.1, 0.15) is 20.8 Å². The number of amides is 1. The lowest BCUT2D eigenvalue weighted by atomic mass is 9.86. The van der Waals surface area contributed by atoms with Crippen molar-refractivity contribution < 1.29 is 23.1 Å². The van der Waals surface area contributed by atoms with Gasteiger partial charge in [0.25, 0.3) is 0 Å². The predicted molar refractivity (Wildman–Crippen MR) is 44.5 cm³/mol. The van der Waals surface area contributed by atoms with E-state index in [2.05, 4.69) is 0 Å². The summed E-state index contributed by atoms with van der Waals surface area (Å²) >= 11 is 0. The van der Waals surface area contributed by atoms with E-state index in [1.165, 1.54) is 6.92 Å². The van der Waals surface area contributed by atoms with Gasteiger partial charge in [0.1, 0.15) is 0 Å². The first-order valence-corrected chi connectivity index (χ1v) is 4.10. The minimum absolute atomic E-state index is 0.299. The van der Waals surface area contributed by atoms with Crippen LogP contribution in [-0.2, 0) is 4.79 Å². The van der Waals surface area contributed by atoms with Crippen molar-refractivity contribution in [3.05, 3.63) is 0 Å². The summed E-state index contributed by atoms with van der Waals surface area (Å²) in [4.78, 5) is 10.5. The Morgan fingerprint density at radius 1 is 1.43 bits per heavy atom. The highest BCUT2D eigenvalue weighted by Crippen LogP contribution is 2.21. The molecule has 0 spiro atoms. The summed E-state index contributed by atoms with van der Waals surface area (Å²) in [5, 5.41) is 10.6. The van der Waals surface area contributed by atoms with Crippen molar-refractivity contribution in [1.29, 1.82) is 0 Å². The third-order valence-corrected chi connectivity index (χ3v) is 2.18. The molecule has 0 aliphatic carbocycles. The van der Waals surface area contributed by atoms with Crippen molar-refractivity contribution in [1.82, 2.24) is 5.32 Å². The van der Waals surface area contributed by atoms with E-state index in [9.17, 15) is 18.0 Å². The number of aliphatic hydroxyl groups excluding tert-OH is 1. The monoisotopic (exact) mass is 213 g/mol. The average molecular weight is 213 g/mol. The second kappa shape index (κ2) is 4.16. The Balaban J connectivity index is 4.34. The van der Waals surface area contributed by atoms with Gasteiger partial charge in [0.2, 0.25) is 0 Å². The van der Waals surface area contributed by atoms with Crippen LogP contribution in [0.5, 0.6) is 0 Å². The van der Waals surface area contributed by atoms with Gasteiger partial charge in [-0.3, -0.25) is 4.79 Å². The Bertz CT molecular complexity index is 213. The summed E-state index contributed by atoms with van der Waals surface area (Å²) in [6.45, 7) is 4.24. The lowest BCUT2D eigenvalue weighted by molar-refractivity contribution is -0.175. The number of carbonyl (C=O) groups is 1. The second-order valence-corrected chi connectivity index (χ2v) is 3.84. The van der Waals surface area contributed by atoms with Crippen molar-refractivity contribution in [2.75, 3.05) is 6.61 Å². The van der Waals surface area contributed by atoms with Crippen LogP contribution in [0.2, 0.25) is 0 Å².